The van der Waals surface area contributed by atoms with Gasteiger partial charge >= 0.3 is 5.97 Å². The molecule has 1 heterocycles. The maximum absolute atomic E-state index is 12.4. The summed E-state index contributed by atoms with van der Waals surface area (Å²) in [6.45, 7) is -0.0261. The standard InChI is InChI=1S/C18H13Cl2NO4S2/c19-14-8-7-12(10-15(14)20)11-25-18(22)13-4-1-2-5-16(13)21-27(23,24)17-6-3-9-26-17/h1-10,21H,11H2. The molecule has 140 valence electrons. The van der Waals surface area contributed by atoms with Gasteiger partial charge in [0.15, 0.2) is 0 Å². The molecule has 0 aliphatic heterocycles. The lowest BCUT2D eigenvalue weighted by Crippen LogP contribution is -2.15. The minimum absolute atomic E-state index is 0.0261. The number of hydrogen-bond donors (Lipinski definition) is 1. The molecule has 0 amide bonds. The second kappa shape index (κ2) is 8.31. The van der Waals surface area contributed by atoms with Gasteiger partial charge in [0.2, 0.25) is 0 Å². The first-order valence-electron chi connectivity index (χ1n) is 7.63. The summed E-state index contributed by atoms with van der Waals surface area (Å²) in [6.07, 6.45) is 0. The normalized spacial score (nSPS) is 11.2. The summed E-state index contributed by atoms with van der Waals surface area (Å²) < 4.78 is 32.7. The number of para-hydroxylation sites is 1. The Morgan fingerprint density at radius 1 is 1.04 bits per heavy atom. The van der Waals surface area contributed by atoms with E-state index < -0.39 is 16.0 Å². The third-order valence-corrected chi connectivity index (χ3v) is 7.01. The number of thiophene rings is 1. The zero-order valence-corrected chi connectivity index (χ0v) is 16.8. The molecule has 0 saturated heterocycles. The minimum Gasteiger partial charge on any atom is -0.457 e. The molecule has 3 aromatic rings. The highest BCUT2D eigenvalue weighted by molar-refractivity contribution is 7.94. The predicted octanol–water partition coefficient (Wildman–Crippen LogP) is 5.21. The summed E-state index contributed by atoms with van der Waals surface area (Å²) in [5.74, 6) is -0.662. The first kappa shape index (κ1) is 19.7. The van der Waals surface area contributed by atoms with Crippen LogP contribution in [-0.4, -0.2) is 14.4 Å². The van der Waals surface area contributed by atoms with E-state index in [0.29, 0.717) is 15.6 Å². The molecule has 9 heteroatoms. The molecular formula is C18H13Cl2NO4S2. The molecule has 0 bridgehead atoms. The van der Waals surface area contributed by atoms with Crippen LogP contribution in [0.3, 0.4) is 0 Å². The lowest BCUT2D eigenvalue weighted by molar-refractivity contribution is 0.0474. The Labute approximate surface area is 170 Å². The van der Waals surface area contributed by atoms with E-state index in [4.69, 9.17) is 27.9 Å². The van der Waals surface area contributed by atoms with E-state index in [2.05, 4.69) is 4.72 Å². The van der Waals surface area contributed by atoms with Crippen LogP contribution in [0.25, 0.3) is 0 Å². The molecule has 0 atom stereocenters. The minimum atomic E-state index is -3.77. The van der Waals surface area contributed by atoms with Crippen molar-refractivity contribution in [1.82, 2.24) is 0 Å². The summed E-state index contributed by atoms with van der Waals surface area (Å²) >= 11 is 12.9. The molecule has 3 rings (SSSR count). The molecule has 1 N–H and O–H groups in total. The van der Waals surface area contributed by atoms with Crippen molar-refractivity contribution < 1.29 is 17.9 Å². The molecule has 1 aromatic heterocycles. The zero-order chi connectivity index (χ0) is 19.4. The van der Waals surface area contributed by atoms with Gasteiger partial charge in [-0.3, -0.25) is 4.72 Å². The molecule has 0 aliphatic carbocycles. The maximum Gasteiger partial charge on any atom is 0.340 e. The van der Waals surface area contributed by atoms with Gasteiger partial charge < -0.3 is 4.74 Å². The Bertz CT molecular complexity index is 1070. The Hall–Kier alpha value is -2.06. The number of halogens is 2. The van der Waals surface area contributed by atoms with Crippen molar-refractivity contribution in [1.29, 1.82) is 0 Å². The number of carbonyl (C=O) groups excluding carboxylic acids is 1. The first-order valence-corrected chi connectivity index (χ1v) is 10.7. The fourth-order valence-corrected chi connectivity index (χ4v) is 4.61. The molecule has 0 saturated carbocycles. The highest BCUT2D eigenvalue weighted by Gasteiger charge is 2.20. The number of rotatable bonds is 6. The molecule has 0 unspecified atom stereocenters. The van der Waals surface area contributed by atoms with Gasteiger partial charge in [-0.25, -0.2) is 13.2 Å². The molecule has 0 fully saturated rings. The van der Waals surface area contributed by atoms with Crippen molar-refractivity contribution in [2.24, 2.45) is 0 Å². The van der Waals surface area contributed by atoms with Crippen LogP contribution >= 0.6 is 34.5 Å². The van der Waals surface area contributed by atoms with Crippen LogP contribution in [0.4, 0.5) is 5.69 Å². The van der Waals surface area contributed by atoms with Crippen molar-refractivity contribution >= 4 is 56.2 Å². The van der Waals surface area contributed by atoms with Gasteiger partial charge in [0, 0.05) is 0 Å². The average molecular weight is 442 g/mol. The maximum atomic E-state index is 12.4. The average Bonchev–Trinajstić information content (AvgIpc) is 3.18. The highest BCUT2D eigenvalue weighted by atomic mass is 35.5. The lowest BCUT2D eigenvalue weighted by atomic mass is 10.2. The number of esters is 1. The Morgan fingerprint density at radius 2 is 1.81 bits per heavy atom. The van der Waals surface area contributed by atoms with Crippen LogP contribution in [0.1, 0.15) is 15.9 Å². The number of benzene rings is 2. The highest BCUT2D eigenvalue weighted by Crippen LogP contribution is 2.25. The molecule has 0 aliphatic rings. The number of anilines is 1. The summed E-state index contributed by atoms with van der Waals surface area (Å²) in [5.41, 5.74) is 0.914. The summed E-state index contributed by atoms with van der Waals surface area (Å²) in [7, 11) is -3.77. The SMILES string of the molecule is O=C(OCc1ccc(Cl)c(Cl)c1)c1ccccc1NS(=O)(=O)c1cccs1. The molecule has 5 nitrogen and oxygen atoms in total. The number of nitrogens with one attached hydrogen (secondary N) is 1. The van der Waals surface area contributed by atoms with Gasteiger partial charge in [0.05, 0.1) is 21.3 Å². The van der Waals surface area contributed by atoms with E-state index in [1.807, 2.05) is 0 Å². The predicted molar refractivity (Wildman–Crippen MR) is 107 cm³/mol. The van der Waals surface area contributed by atoms with Crippen LogP contribution in [0.15, 0.2) is 64.2 Å². The van der Waals surface area contributed by atoms with E-state index in [0.717, 1.165) is 11.3 Å². The summed E-state index contributed by atoms with van der Waals surface area (Å²) in [5, 5.41) is 2.42. The number of sulfonamides is 1. The fraction of sp³-hybridized carbons (Fsp3) is 0.0556. The van der Waals surface area contributed by atoms with Crippen LogP contribution in [-0.2, 0) is 21.4 Å². The molecular weight excluding hydrogens is 429 g/mol. The molecule has 0 radical (unpaired) electrons. The smallest absolute Gasteiger partial charge is 0.340 e. The van der Waals surface area contributed by atoms with Crippen LogP contribution < -0.4 is 4.72 Å². The van der Waals surface area contributed by atoms with Crippen LogP contribution in [0.2, 0.25) is 10.0 Å². The quantitative estimate of drug-likeness (QED) is 0.532. The number of carbonyl (C=O) groups is 1. The fourth-order valence-electron chi connectivity index (χ4n) is 2.22. The molecule has 0 spiro atoms. The van der Waals surface area contributed by atoms with Crippen LogP contribution in [0.5, 0.6) is 0 Å². The Balaban J connectivity index is 1.76. The second-order valence-corrected chi connectivity index (χ2v) is 9.08. The van der Waals surface area contributed by atoms with Crippen molar-refractivity contribution in [2.75, 3.05) is 4.72 Å². The van der Waals surface area contributed by atoms with Gasteiger partial charge in [0.1, 0.15) is 10.8 Å². The Kier molecular flexibility index (Phi) is 6.06. The van der Waals surface area contributed by atoms with E-state index in [9.17, 15) is 13.2 Å². The third kappa shape index (κ3) is 4.81. The van der Waals surface area contributed by atoms with Gasteiger partial charge in [-0.1, -0.05) is 47.5 Å². The number of hydrogen-bond acceptors (Lipinski definition) is 5. The van der Waals surface area contributed by atoms with E-state index in [1.165, 1.54) is 18.2 Å². The van der Waals surface area contributed by atoms with Gasteiger partial charge in [-0.2, -0.15) is 0 Å². The third-order valence-electron chi connectivity index (χ3n) is 3.51. The van der Waals surface area contributed by atoms with E-state index in [1.54, 1.807) is 41.8 Å². The van der Waals surface area contributed by atoms with Crippen LogP contribution in [0, 0.1) is 0 Å². The largest absolute Gasteiger partial charge is 0.457 e. The van der Waals surface area contributed by atoms with Crippen molar-refractivity contribution in [3.8, 4) is 0 Å². The van der Waals surface area contributed by atoms with E-state index >= 15 is 0 Å². The van der Waals surface area contributed by atoms with Gasteiger partial charge in [-0.05, 0) is 41.3 Å². The van der Waals surface area contributed by atoms with Crippen molar-refractivity contribution in [2.45, 2.75) is 10.8 Å². The van der Waals surface area contributed by atoms with Crippen molar-refractivity contribution in [3.05, 3.63) is 81.1 Å². The lowest BCUT2D eigenvalue weighted by Gasteiger charge is -2.12. The van der Waals surface area contributed by atoms with Gasteiger partial charge in [0.25, 0.3) is 10.0 Å². The van der Waals surface area contributed by atoms with Gasteiger partial charge in [-0.15, -0.1) is 11.3 Å². The molecule has 27 heavy (non-hydrogen) atoms. The number of ether oxygens (including phenoxy) is 1. The van der Waals surface area contributed by atoms with E-state index in [-0.39, 0.29) is 22.1 Å². The second-order valence-electron chi connectivity index (χ2n) is 5.41. The molecule has 2 aromatic carbocycles. The summed E-state index contributed by atoms with van der Waals surface area (Å²) in [4.78, 5) is 12.4. The first-order chi connectivity index (χ1) is 12.9. The zero-order valence-electron chi connectivity index (χ0n) is 13.7. The van der Waals surface area contributed by atoms with Crippen molar-refractivity contribution in [3.63, 3.8) is 0 Å². The topological polar surface area (TPSA) is 72.5 Å². The monoisotopic (exact) mass is 441 g/mol. The Morgan fingerprint density at radius 3 is 2.52 bits per heavy atom. The summed E-state index contributed by atoms with van der Waals surface area (Å²) in [6, 6.07) is 14.3.